The molecule has 0 atom stereocenters. The van der Waals surface area contributed by atoms with Crippen molar-refractivity contribution in [3.05, 3.63) is 48.0 Å². The van der Waals surface area contributed by atoms with Crippen molar-refractivity contribution in [1.82, 2.24) is 14.9 Å². The molecular formula is C14H16N4O3. The third-order valence-electron chi connectivity index (χ3n) is 2.96. The Hall–Kier alpha value is -2.83. The minimum atomic E-state index is -1.08. The normalized spacial score (nSPS) is 10.1. The third-order valence-corrected chi connectivity index (χ3v) is 2.96. The van der Waals surface area contributed by atoms with Gasteiger partial charge in [0.05, 0.1) is 11.3 Å². The number of hydrogen-bond acceptors (Lipinski definition) is 3. The Labute approximate surface area is 121 Å². The maximum atomic E-state index is 11.8. The van der Waals surface area contributed by atoms with Gasteiger partial charge in [-0.3, -0.25) is 0 Å². The Morgan fingerprint density at radius 3 is 2.76 bits per heavy atom. The van der Waals surface area contributed by atoms with Crippen LogP contribution in [-0.2, 0) is 13.5 Å². The molecule has 1 heterocycles. The van der Waals surface area contributed by atoms with E-state index in [2.05, 4.69) is 15.6 Å². The summed E-state index contributed by atoms with van der Waals surface area (Å²) in [5, 5.41) is 14.2. The first-order valence-corrected chi connectivity index (χ1v) is 6.41. The van der Waals surface area contributed by atoms with Crippen LogP contribution in [0.4, 0.5) is 10.5 Å². The molecule has 0 radical (unpaired) electrons. The molecule has 110 valence electrons. The van der Waals surface area contributed by atoms with Crippen LogP contribution in [0.1, 0.15) is 16.2 Å². The lowest BCUT2D eigenvalue weighted by Crippen LogP contribution is -2.31. The summed E-state index contributed by atoms with van der Waals surface area (Å²) in [5.74, 6) is -0.222. The van der Waals surface area contributed by atoms with E-state index in [4.69, 9.17) is 5.11 Å². The number of aromatic nitrogens is 2. The van der Waals surface area contributed by atoms with Crippen molar-refractivity contribution >= 4 is 17.7 Å². The monoisotopic (exact) mass is 288 g/mol. The van der Waals surface area contributed by atoms with Crippen molar-refractivity contribution in [2.24, 2.45) is 7.05 Å². The fraction of sp³-hybridized carbons (Fsp3) is 0.214. The number of carboxylic acids is 1. The molecule has 2 amide bonds. The Morgan fingerprint density at radius 2 is 2.10 bits per heavy atom. The lowest BCUT2D eigenvalue weighted by Gasteiger charge is -2.09. The van der Waals surface area contributed by atoms with Crippen LogP contribution >= 0.6 is 0 Å². The number of nitrogens with one attached hydrogen (secondary N) is 2. The summed E-state index contributed by atoms with van der Waals surface area (Å²) >= 11 is 0. The molecule has 0 fully saturated rings. The summed E-state index contributed by atoms with van der Waals surface area (Å²) in [4.78, 5) is 26.9. The Kier molecular flexibility index (Phi) is 4.55. The van der Waals surface area contributed by atoms with E-state index in [9.17, 15) is 9.59 Å². The van der Waals surface area contributed by atoms with Gasteiger partial charge in [0.15, 0.2) is 0 Å². The zero-order chi connectivity index (χ0) is 15.2. The third kappa shape index (κ3) is 3.82. The fourth-order valence-electron chi connectivity index (χ4n) is 1.87. The van der Waals surface area contributed by atoms with Crippen molar-refractivity contribution < 1.29 is 14.7 Å². The summed E-state index contributed by atoms with van der Waals surface area (Å²) in [6.45, 7) is 0.409. The quantitative estimate of drug-likeness (QED) is 0.776. The van der Waals surface area contributed by atoms with Crippen LogP contribution in [0.15, 0.2) is 36.7 Å². The summed E-state index contributed by atoms with van der Waals surface area (Å²) in [5.41, 5.74) is 0.316. The number of imidazole rings is 1. The minimum absolute atomic E-state index is 0.0525. The van der Waals surface area contributed by atoms with Gasteiger partial charge >= 0.3 is 12.0 Å². The summed E-state index contributed by atoms with van der Waals surface area (Å²) in [7, 11) is 1.88. The molecule has 2 aromatic rings. The van der Waals surface area contributed by atoms with Gasteiger partial charge < -0.3 is 20.3 Å². The van der Waals surface area contributed by atoms with E-state index < -0.39 is 12.0 Å². The highest BCUT2D eigenvalue weighted by Gasteiger charge is 2.11. The maximum absolute atomic E-state index is 11.8. The maximum Gasteiger partial charge on any atom is 0.337 e. The van der Waals surface area contributed by atoms with Crippen molar-refractivity contribution in [2.75, 3.05) is 11.9 Å². The number of benzene rings is 1. The topological polar surface area (TPSA) is 96.3 Å². The van der Waals surface area contributed by atoms with E-state index in [1.165, 1.54) is 6.07 Å². The van der Waals surface area contributed by atoms with E-state index >= 15 is 0 Å². The smallest absolute Gasteiger partial charge is 0.337 e. The van der Waals surface area contributed by atoms with Crippen LogP contribution in [0, 0.1) is 0 Å². The molecule has 21 heavy (non-hydrogen) atoms. The molecule has 0 spiro atoms. The SMILES string of the molecule is Cn1ccnc1CCNC(=O)Nc1ccccc1C(=O)O. The van der Waals surface area contributed by atoms with Crippen LogP contribution < -0.4 is 10.6 Å². The molecule has 0 saturated carbocycles. The summed E-state index contributed by atoms with van der Waals surface area (Å²) in [6.07, 6.45) is 4.12. The Bertz CT molecular complexity index is 651. The van der Waals surface area contributed by atoms with Gasteiger partial charge in [-0.05, 0) is 12.1 Å². The Morgan fingerprint density at radius 1 is 1.33 bits per heavy atom. The first-order chi connectivity index (χ1) is 10.1. The molecule has 0 aliphatic heterocycles. The molecule has 0 aliphatic rings. The molecule has 0 saturated heterocycles. The zero-order valence-electron chi connectivity index (χ0n) is 11.5. The first kappa shape index (κ1) is 14.6. The predicted molar refractivity (Wildman–Crippen MR) is 77.3 cm³/mol. The van der Waals surface area contributed by atoms with Gasteiger partial charge in [-0.2, -0.15) is 0 Å². The van der Waals surface area contributed by atoms with Crippen molar-refractivity contribution in [3.8, 4) is 0 Å². The van der Waals surface area contributed by atoms with E-state index in [0.29, 0.717) is 13.0 Å². The number of anilines is 1. The summed E-state index contributed by atoms with van der Waals surface area (Å²) in [6, 6.07) is 5.80. The predicted octanol–water partition coefficient (Wildman–Crippen LogP) is 1.48. The number of aryl methyl sites for hydroxylation is 1. The molecule has 3 N–H and O–H groups in total. The van der Waals surface area contributed by atoms with Crippen molar-refractivity contribution in [1.29, 1.82) is 0 Å². The van der Waals surface area contributed by atoms with Gasteiger partial charge in [-0.15, -0.1) is 0 Å². The molecule has 2 rings (SSSR count). The average Bonchev–Trinajstić information content (AvgIpc) is 2.85. The molecule has 0 unspecified atom stereocenters. The van der Waals surface area contributed by atoms with Crippen molar-refractivity contribution in [3.63, 3.8) is 0 Å². The van der Waals surface area contributed by atoms with Crippen LogP contribution in [0.5, 0.6) is 0 Å². The second kappa shape index (κ2) is 6.56. The second-order valence-corrected chi connectivity index (χ2v) is 4.44. The molecule has 1 aromatic heterocycles. The Balaban J connectivity index is 1.88. The number of amides is 2. The molecular weight excluding hydrogens is 272 g/mol. The van der Waals surface area contributed by atoms with Gasteiger partial charge in [0.1, 0.15) is 5.82 Å². The van der Waals surface area contributed by atoms with Crippen LogP contribution in [0.25, 0.3) is 0 Å². The number of carbonyl (C=O) groups is 2. The van der Waals surface area contributed by atoms with Crippen LogP contribution in [0.3, 0.4) is 0 Å². The van der Waals surface area contributed by atoms with Gasteiger partial charge in [0.25, 0.3) is 0 Å². The largest absolute Gasteiger partial charge is 0.478 e. The highest BCUT2D eigenvalue weighted by Crippen LogP contribution is 2.14. The highest BCUT2D eigenvalue weighted by atomic mass is 16.4. The number of urea groups is 1. The fourth-order valence-corrected chi connectivity index (χ4v) is 1.87. The van der Waals surface area contributed by atoms with E-state index in [0.717, 1.165) is 5.82 Å². The van der Waals surface area contributed by atoms with E-state index in [1.54, 1.807) is 24.4 Å². The van der Waals surface area contributed by atoms with Gasteiger partial charge in [-0.1, -0.05) is 12.1 Å². The van der Waals surface area contributed by atoms with E-state index in [-0.39, 0.29) is 11.3 Å². The van der Waals surface area contributed by atoms with Crippen LogP contribution in [0.2, 0.25) is 0 Å². The van der Waals surface area contributed by atoms with Crippen LogP contribution in [-0.4, -0.2) is 33.2 Å². The number of aromatic carboxylic acids is 1. The van der Waals surface area contributed by atoms with Gasteiger partial charge in [0, 0.05) is 32.4 Å². The molecule has 0 aliphatic carbocycles. The second-order valence-electron chi connectivity index (χ2n) is 4.44. The highest BCUT2D eigenvalue weighted by molar-refractivity contribution is 5.99. The van der Waals surface area contributed by atoms with Gasteiger partial charge in [-0.25, -0.2) is 14.6 Å². The number of hydrogen-bond donors (Lipinski definition) is 3. The number of rotatable bonds is 5. The number of para-hydroxylation sites is 1. The minimum Gasteiger partial charge on any atom is -0.478 e. The first-order valence-electron chi connectivity index (χ1n) is 6.41. The van der Waals surface area contributed by atoms with Crippen molar-refractivity contribution in [2.45, 2.75) is 6.42 Å². The number of carbonyl (C=O) groups excluding carboxylic acids is 1. The van der Waals surface area contributed by atoms with Gasteiger partial charge in [0.2, 0.25) is 0 Å². The summed E-state index contributed by atoms with van der Waals surface area (Å²) < 4.78 is 1.87. The standard InChI is InChI=1S/C14H16N4O3/c1-18-9-8-15-12(18)6-7-16-14(21)17-11-5-3-2-4-10(11)13(19)20/h2-5,8-9H,6-7H2,1H3,(H,19,20)(H2,16,17,21). The number of carboxylic acid groups (broad SMARTS) is 1. The zero-order valence-corrected chi connectivity index (χ0v) is 11.5. The number of nitrogens with zero attached hydrogens (tertiary/aromatic N) is 2. The lowest BCUT2D eigenvalue weighted by molar-refractivity contribution is 0.0698. The molecule has 7 nitrogen and oxygen atoms in total. The molecule has 7 heteroatoms. The average molecular weight is 288 g/mol. The molecule has 1 aromatic carbocycles. The lowest BCUT2D eigenvalue weighted by atomic mass is 10.2. The van der Waals surface area contributed by atoms with E-state index in [1.807, 2.05) is 17.8 Å². The molecule has 0 bridgehead atoms.